The Bertz CT molecular complexity index is 2690. The van der Waals surface area contributed by atoms with Crippen molar-refractivity contribution in [2.45, 2.75) is 133 Å². The number of nitrogens with one attached hydrogen (secondary N) is 10. The van der Waals surface area contributed by atoms with Crippen molar-refractivity contribution in [3.8, 4) is 0 Å². The number of carbonyl (C=O) groups excluding carboxylic acids is 10. The maximum atomic E-state index is 14.6. The molecule has 460 valence electrons. The van der Waals surface area contributed by atoms with Gasteiger partial charge in [-0.2, -0.15) is 23.5 Å². The normalized spacial score (nSPS) is 14.3. The lowest BCUT2D eigenvalue weighted by Gasteiger charge is -2.28. The average Bonchev–Trinajstić information content (AvgIpc) is 4.00. The lowest BCUT2D eigenvalue weighted by Crippen LogP contribution is -2.61. The number of thioether (sulfide) groups is 2. The van der Waals surface area contributed by atoms with Gasteiger partial charge in [-0.1, -0.05) is 88.4 Å². The Hall–Kier alpha value is -8.05. The van der Waals surface area contributed by atoms with Gasteiger partial charge in [-0.15, -0.1) is 0 Å². The molecule has 0 aliphatic heterocycles. The Balaban J connectivity index is 1.92. The van der Waals surface area contributed by atoms with Crippen LogP contribution in [0.1, 0.15) is 76.6 Å². The van der Waals surface area contributed by atoms with Crippen molar-refractivity contribution in [3.63, 3.8) is 0 Å². The minimum atomic E-state index is -1.90. The van der Waals surface area contributed by atoms with Gasteiger partial charge in [0.05, 0.1) is 31.8 Å². The highest BCUT2D eigenvalue weighted by Crippen LogP contribution is 2.13. The van der Waals surface area contributed by atoms with Gasteiger partial charge in [0.2, 0.25) is 59.1 Å². The number of carbonyl (C=O) groups is 12. The van der Waals surface area contributed by atoms with Crippen LogP contribution in [0.25, 0.3) is 0 Å². The van der Waals surface area contributed by atoms with Crippen LogP contribution in [0.4, 0.5) is 0 Å². The summed E-state index contributed by atoms with van der Waals surface area (Å²) in [5.74, 6) is -11.5. The number of primary amides is 1. The van der Waals surface area contributed by atoms with Gasteiger partial charge in [-0.05, 0) is 66.2 Å². The Morgan fingerprint density at radius 2 is 0.976 bits per heavy atom. The number of aromatic nitrogens is 2. The summed E-state index contributed by atoms with van der Waals surface area (Å²) >= 11 is 2.78. The largest absolute Gasteiger partial charge is 0.481 e. The van der Waals surface area contributed by atoms with Crippen LogP contribution in [0.5, 0.6) is 0 Å². The molecule has 16 N–H and O–H groups in total. The second-order valence-electron chi connectivity index (χ2n) is 20.5. The third-order valence-corrected chi connectivity index (χ3v) is 14.0. The minimum Gasteiger partial charge on any atom is -0.481 e. The zero-order valence-corrected chi connectivity index (χ0v) is 49.4. The van der Waals surface area contributed by atoms with Crippen LogP contribution in [-0.4, -0.2) is 176 Å². The molecule has 0 aliphatic carbocycles. The van der Waals surface area contributed by atoms with E-state index in [0.717, 1.165) is 0 Å². The Labute approximate surface area is 495 Å². The van der Waals surface area contributed by atoms with Crippen molar-refractivity contribution in [2.75, 3.05) is 30.6 Å². The number of rotatable bonds is 38. The molecule has 9 atom stereocenters. The number of nitrogens with two attached hydrogens (primary N) is 2. The van der Waals surface area contributed by atoms with Crippen molar-refractivity contribution in [3.05, 3.63) is 90.0 Å². The first-order chi connectivity index (χ1) is 39.8. The van der Waals surface area contributed by atoms with Crippen LogP contribution < -0.4 is 59.3 Å². The van der Waals surface area contributed by atoms with Crippen LogP contribution in [0.2, 0.25) is 0 Å². The van der Waals surface area contributed by atoms with Crippen LogP contribution in [-0.2, 0) is 76.8 Å². The van der Waals surface area contributed by atoms with E-state index in [1.54, 1.807) is 80.8 Å². The smallest absolute Gasteiger partial charge is 0.305 e. The number of aromatic amines is 1. The molecule has 27 nitrogen and oxygen atoms in total. The molecule has 84 heavy (non-hydrogen) atoms. The summed E-state index contributed by atoms with van der Waals surface area (Å²) in [5.41, 5.74) is 12.7. The number of nitrogens with zero attached hydrogens (tertiary/aromatic N) is 1. The molecule has 0 unspecified atom stereocenters. The van der Waals surface area contributed by atoms with Gasteiger partial charge in [0.1, 0.15) is 48.3 Å². The zero-order chi connectivity index (χ0) is 62.5. The Morgan fingerprint density at radius 3 is 1.44 bits per heavy atom. The van der Waals surface area contributed by atoms with E-state index in [1.807, 2.05) is 20.1 Å². The van der Waals surface area contributed by atoms with E-state index in [2.05, 4.69) is 57.8 Å². The molecule has 0 saturated heterocycles. The van der Waals surface area contributed by atoms with E-state index in [4.69, 9.17) is 16.6 Å². The first-order valence-corrected chi connectivity index (χ1v) is 29.8. The number of carboxylic acid groups (broad SMARTS) is 2. The maximum Gasteiger partial charge on any atom is 0.305 e. The molecule has 3 rings (SSSR count). The summed E-state index contributed by atoms with van der Waals surface area (Å²) in [5, 5.41) is 42.1. The van der Waals surface area contributed by atoms with Crippen molar-refractivity contribution in [1.29, 1.82) is 0 Å². The van der Waals surface area contributed by atoms with Crippen LogP contribution in [0.3, 0.4) is 0 Å². The van der Waals surface area contributed by atoms with Crippen molar-refractivity contribution < 1.29 is 67.7 Å². The monoisotopic (exact) mass is 1210 g/mol. The number of hydrogen-bond donors (Lipinski definition) is 14. The van der Waals surface area contributed by atoms with Gasteiger partial charge in [-0.25, -0.2) is 4.98 Å². The number of imidazole rings is 1. The summed E-state index contributed by atoms with van der Waals surface area (Å²) in [6.07, 6.45) is 4.23. The number of H-pyrrole nitrogens is 1. The van der Waals surface area contributed by atoms with Gasteiger partial charge in [-0.3, -0.25) is 57.5 Å². The fourth-order valence-corrected chi connectivity index (χ4v) is 9.23. The molecule has 1 aromatic heterocycles. The summed E-state index contributed by atoms with van der Waals surface area (Å²) in [6, 6.07) is 4.14. The number of aliphatic carboxylic acids is 2. The number of amides is 10. The highest BCUT2D eigenvalue weighted by Gasteiger charge is 2.36. The lowest BCUT2D eigenvalue weighted by molar-refractivity contribution is -0.142. The standard InChI is InChI=1S/C55H79N13O14S2/c1-30(2)21-38(50(77)62-36(47(57)74)17-19-83-5)61-43(69)28-59-55(82)46(31(3)4)68-54(81)40(23-33-15-11-8-12-16-33)65-51(78)39(22-32-13-9-7-10-14-32)64-53(80)42(26-45(72)73)67-52(79)41(24-34-27-58-29-60-34)66-49(76)37(18-20-84-6)63-48(75)35(56)25-44(70)71/h7-16,27,29-31,35-42,46H,17-26,28,56H2,1-6H3,(H2,57,74)(H,58,60)(H,59,82)(H,61,69)(H,62,77)(H,63,75)(H,64,80)(H,65,78)(H,66,76)(H,67,79)(H,68,81)(H,70,71)(H,72,73)/t35-,36+,37+,38+,39-,40+,41-,42+,46+/m1/s1. The van der Waals surface area contributed by atoms with Gasteiger partial charge in [0.25, 0.3) is 0 Å². The lowest BCUT2D eigenvalue weighted by atomic mass is 9.99. The van der Waals surface area contributed by atoms with Gasteiger partial charge < -0.3 is 74.5 Å². The molecule has 0 saturated carbocycles. The molecule has 1 heterocycles. The summed E-state index contributed by atoms with van der Waals surface area (Å²) < 4.78 is 0. The fraction of sp³-hybridized carbons (Fsp3) is 0.509. The number of benzene rings is 2. The zero-order valence-electron chi connectivity index (χ0n) is 47.8. The van der Waals surface area contributed by atoms with E-state index in [0.29, 0.717) is 28.3 Å². The Morgan fingerprint density at radius 1 is 0.536 bits per heavy atom. The van der Waals surface area contributed by atoms with Gasteiger partial charge >= 0.3 is 11.9 Å². The number of hydrogen-bond acceptors (Lipinski definition) is 16. The SMILES string of the molecule is CSCC[C@H](NC(=O)[C@H](CC(C)C)NC(=O)CNC(=O)[C@@H](NC(=O)[C@H](Cc1ccccc1)NC(=O)[C@@H](Cc1ccccc1)NC(=O)[C@H](CC(=O)O)NC(=O)[C@@H](Cc1cnc[nH]1)NC(=O)[C@H](CCSC)NC(=O)[C@H](N)CC(=O)O)C(C)C)C(N)=O. The molecule has 3 aromatic rings. The quantitative estimate of drug-likeness (QED) is 0.0307. The van der Waals surface area contributed by atoms with Gasteiger partial charge in [0, 0.05) is 31.2 Å². The second-order valence-corrected chi connectivity index (χ2v) is 22.5. The van der Waals surface area contributed by atoms with E-state index in [1.165, 1.54) is 36.0 Å². The van der Waals surface area contributed by atoms with Crippen LogP contribution >= 0.6 is 23.5 Å². The molecule has 0 radical (unpaired) electrons. The van der Waals surface area contributed by atoms with Crippen molar-refractivity contribution >= 4 is 94.5 Å². The molecule has 0 spiro atoms. The molecular weight excluding hydrogens is 1130 g/mol. The second kappa shape index (κ2) is 36.5. The van der Waals surface area contributed by atoms with Crippen LogP contribution in [0, 0.1) is 11.8 Å². The van der Waals surface area contributed by atoms with E-state index >= 15 is 0 Å². The topological polar surface area (TPSA) is 434 Å². The first-order valence-electron chi connectivity index (χ1n) is 27.0. The molecule has 0 fully saturated rings. The highest BCUT2D eigenvalue weighted by molar-refractivity contribution is 7.98. The number of carboxylic acids is 2. The molecular formula is C55H79N13O14S2. The third kappa shape index (κ3) is 25.6. The van der Waals surface area contributed by atoms with E-state index < -0.39 is 151 Å². The first kappa shape index (κ1) is 70.2. The summed E-state index contributed by atoms with van der Waals surface area (Å²) in [4.78, 5) is 167. The predicted octanol–water partition coefficient (Wildman–Crippen LogP) is -1.60. The molecule has 29 heteroatoms. The van der Waals surface area contributed by atoms with E-state index in [-0.39, 0.29) is 44.4 Å². The van der Waals surface area contributed by atoms with Gasteiger partial charge in [0.15, 0.2) is 0 Å². The molecule has 0 bridgehead atoms. The van der Waals surface area contributed by atoms with E-state index in [9.17, 15) is 62.6 Å². The summed E-state index contributed by atoms with van der Waals surface area (Å²) in [6.45, 7) is 6.29. The third-order valence-electron chi connectivity index (χ3n) is 12.7. The molecule has 10 amide bonds. The van der Waals surface area contributed by atoms with Crippen molar-refractivity contribution in [1.82, 2.24) is 57.8 Å². The fourth-order valence-electron chi connectivity index (χ4n) is 8.29. The van der Waals surface area contributed by atoms with Crippen LogP contribution in [0.15, 0.2) is 73.2 Å². The van der Waals surface area contributed by atoms with Crippen molar-refractivity contribution in [2.24, 2.45) is 23.3 Å². The molecule has 0 aliphatic rings. The minimum absolute atomic E-state index is 0.0124. The average molecular weight is 1210 g/mol. The maximum absolute atomic E-state index is 14.6. The molecule has 2 aromatic carbocycles. The summed E-state index contributed by atoms with van der Waals surface area (Å²) in [7, 11) is 0. The predicted molar refractivity (Wildman–Crippen MR) is 313 cm³/mol. The Kier molecular flexibility index (Phi) is 30.5. The highest BCUT2D eigenvalue weighted by atomic mass is 32.2.